The van der Waals surface area contributed by atoms with E-state index in [2.05, 4.69) is 47.0 Å². The molecule has 1 aromatic carbocycles. The Morgan fingerprint density at radius 2 is 2.11 bits per heavy atom. The topological polar surface area (TPSA) is 24.9 Å². The first kappa shape index (κ1) is 14.6. The molecule has 2 rings (SSSR count). The lowest BCUT2D eigenvalue weighted by atomic mass is 10.1. The minimum Gasteiger partial charge on any atom is -0.307 e. The lowest BCUT2D eigenvalue weighted by Gasteiger charge is -2.19. The third kappa shape index (κ3) is 4.09. The summed E-state index contributed by atoms with van der Waals surface area (Å²) in [5.41, 5.74) is 0.604. The molecule has 0 saturated carbocycles. The zero-order valence-electron chi connectivity index (χ0n) is 11.1. The van der Waals surface area contributed by atoms with Crippen LogP contribution in [0.25, 0.3) is 10.6 Å². The smallest absolute Gasteiger partial charge is 0.133 e. The van der Waals surface area contributed by atoms with Crippen LogP contribution in [0.3, 0.4) is 0 Å². The van der Waals surface area contributed by atoms with Gasteiger partial charge in [0, 0.05) is 33.2 Å². The molecule has 2 nitrogen and oxygen atoms in total. The number of rotatable bonds is 3. The van der Waals surface area contributed by atoms with E-state index in [-0.39, 0.29) is 11.4 Å². The van der Waals surface area contributed by atoms with Crippen LogP contribution in [0, 0.1) is 5.82 Å². The van der Waals surface area contributed by atoms with E-state index in [0.717, 1.165) is 15.9 Å². The van der Waals surface area contributed by atoms with Crippen LogP contribution in [0.1, 0.15) is 25.6 Å². The molecule has 0 unspecified atom stereocenters. The van der Waals surface area contributed by atoms with Gasteiger partial charge in [-0.3, -0.25) is 0 Å². The molecule has 1 heterocycles. The van der Waals surface area contributed by atoms with Gasteiger partial charge in [-0.1, -0.05) is 15.9 Å². The summed E-state index contributed by atoms with van der Waals surface area (Å²) in [4.78, 5) is 5.41. The maximum atomic E-state index is 13.8. The normalized spacial score (nSPS) is 11.8. The number of aromatic nitrogens is 1. The molecule has 0 saturated heterocycles. The fraction of sp³-hybridized carbons (Fsp3) is 0.357. The van der Waals surface area contributed by atoms with Crippen molar-refractivity contribution in [1.29, 1.82) is 0 Å². The van der Waals surface area contributed by atoms with Gasteiger partial charge in [0.2, 0.25) is 0 Å². The number of halogens is 2. The van der Waals surface area contributed by atoms with Gasteiger partial charge in [0.15, 0.2) is 0 Å². The highest BCUT2D eigenvalue weighted by Crippen LogP contribution is 2.29. The fourth-order valence-electron chi connectivity index (χ4n) is 1.53. The van der Waals surface area contributed by atoms with Crippen LogP contribution in [0.5, 0.6) is 0 Å². The van der Waals surface area contributed by atoms with E-state index in [0.29, 0.717) is 10.6 Å². The third-order valence-corrected chi connectivity index (χ3v) is 4.03. The van der Waals surface area contributed by atoms with Gasteiger partial charge in [0.1, 0.15) is 10.8 Å². The SMILES string of the molecule is CC(C)(C)NCc1cnc(-c2cc(Br)ccc2F)s1. The molecule has 0 spiro atoms. The summed E-state index contributed by atoms with van der Waals surface area (Å²) in [5, 5.41) is 4.11. The Hall–Kier alpha value is -0.780. The monoisotopic (exact) mass is 342 g/mol. The highest BCUT2D eigenvalue weighted by molar-refractivity contribution is 9.10. The molecule has 0 aliphatic heterocycles. The van der Waals surface area contributed by atoms with Gasteiger partial charge in [0.25, 0.3) is 0 Å². The van der Waals surface area contributed by atoms with Crippen molar-refractivity contribution in [2.24, 2.45) is 0 Å². The number of nitrogens with one attached hydrogen (secondary N) is 1. The highest BCUT2D eigenvalue weighted by Gasteiger charge is 2.13. The second-order valence-electron chi connectivity index (χ2n) is 5.36. The van der Waals surface area contributed by atoms with Crippen molar-refractivity contribution in [1.82, 2.24) is 10.3 Å². The standard InChI is InChI=1S/C14H16BrFN2S/c1-14(2,3)18-8-10-7-17-13(19-10)11-6-9(15)4-5-12(11)16/h4-7,18H,8H2,1-3H3. The summed E-state index contributed by atoms with van der Waals surface area (Å²) in [6.07, 6.45) is 1.80. The Morgan fingerprint density at radius 1 is 1.37 bits per heavy atom. The van der Waals surface area contributed by atoms with Crippen molar-refractivity contribution in [2.45, 2.75) is 32.9 Å². The van der Waals surface area contributed by atoms with Crippen LogP contribution in [0.2, 0.25) is 0 Å². The van der Waals surface area contributed by atoms with Crippen LogP contribution < -0.4 is 5.32 Å². The van der Waals surface area contributed by atoms with Gasteiger partial charge in [-0.15, -0.1) is 11.3 Å². The Bertz CT molecular complexity index is 575. The molecule has 0 aliphatic carbocycles. The second kappa shape index (κ2) is 5.69. The van der Waals surface area contributed by atoms with Crippen LogP contribution >= 0.6 is 27.3 Å². The molecule has 102 valence electrons. The summed E-state index contributed by atoms with van der Waals surface area (Å²) in [7, 11) is 0. The number of thiazole rings is 1. The second-order valence-corrected chi connectivity index (χ2v) is 7.39. The van der Waals surface area contributed by atoms with E-state index in [1.165, 1.54) is 17.4 Å². The largest absolute Gasteiger partial charge is 0.307 e. The average molecular weight is 343 g/mol. The predicted molar refractivity (Wildman–Crippen MR) is 81.8 cm³/mol. The third-order valence-electron chi connectivity index (χ3n) is 2.51. The molecular formula is C14H16BrFN2S. The van der Waals surface area contributed by atoms with Crippen LogP contribution in [-0.4, -0.2) is 10.5 Å². The predicted octanol–water partition coefficient (Wildman–Crippen LogP) is 4.60. The Kier molecular flexibility index (Phi) is 4.38. The first-order valence-electron chi connectivity index (χ1n) is 6.00. The zero-order valence-corrected chi connectivity index (χ0v) is 13.5. The van der Waals surface area contributed by atoms with Crippen molar-refractivity contribution in [3.8, 4) is 10.6 Å². The Morgan fingerprint density at radius 3 is 2.79 bits per heavy atom. The Balaban J connectivity index is 2.19. The molecule has 19 heavy (non-hydrogen) atoms. The molecular weight excluding hydrogens is 327 g/mol. The maximum absolute atomic E-state index is 13.8. The van der Waals surface area contributed by atoms with Gasteiger partial charge < -0.3 is 5.32 Å². The van der Waals surface area contributed by atoms with Crippen molar-refractivity contribution in [3.63, 3.8) is 0 Å². The molecule has 0 fully saturated rings. The van der Waals surface area contributed by atoms with Gasteiger partial charge in [0.05, 0.1) is 0 Å². The fourth-order valence-corrected chi connectivity index (χ4v) is 2.76. The van der Waals surface area contributed by atoms with E-state index in [1.807, 2.05) is 0 Å². The van der Waals surface area contributed by atoms with Gasteiger partial charge in [-0.2, -0.15) is 0 Å². The number of nitrogens with zero attached hydrogens (tertiary/aromatic N) is 1. The highest BCUT2D eigenvalue weighted by atomic mass is 79.9. The molecule has 1 aromatic heterocycles. The van der Waals surface area contributed by atoms with E-state index in [4.69, 9.17) is 0 Å². The summed E-state index contributed by atoms with van der Waals surface area (Å²) >= 11 is 4.87. The first-order valence-corrected chi connectivity index (χ1v) is 7.61. The van der Waals surface area contributed by atoms with E-state index < -0.39 is 0 Å². The molecule has 0 amide bonds. The molecule has 5 heteroatoms. The molecule has 0 bridgehead atoms. The maximum Gasteiger partial charge on any atom is 0.133 e. The summed E-state index contributed by atoms with van der Waals surface area (Å²) in [6.45, 7) is 7.09. The van der Waals surface area contributed by atoms with Crippen molar-refractivity contribution < 1.29 is 4.39 Å². The summed E-state index contributed by atoms with van der Waals surface area (Å²) < 4.78 is 14.6. The summed E-state index contributed by atoms with van der Waals surface area (Å²) in [5.74, 6) is -0.243. The number of benzene rings is 1. The molecule has 0 atom stereocenters. The molecule has 2 aromatic rings. The van der Waals surface area contributed by atoms with Crippen molar-refractivity contribution >= 4 is 27.3 Å². The molecule has 1 N–H and O–H groups in total. The minimum atomic E-state index is -0.243. The van der Waals surface area contributed by atoms with Gasteiger partial charge in [-0.05, 0) is 39.0 Å². The Labute approximate surface area is 125 Å². The van der Waals surface area contributed by atoms with E-state index in [9.17, 15) is 4.39 Å². The van der Waals surface area contributed by atoms with Crippen LogP contribution in [0.15, 0.2) is 28.9 Å². The lowest BCUT2D eigenvalue weighted by molar-refractivity contribution is 0.426. The first-order chi connectivity index (χ1) is 8.85. The minimum absolute atomic E-state index is 0.0607. The molecule has 0 radical (unpaired) electrons. The average Bonchev–Trinajstić information content (AvgIpc) is 2.77. The summed E-state index contributed by atoms with van der Waals surface area (Å²) in [6, 6.07) is 4.90. The number of hydrogen-bond donors (Lipinski definition) is 1. The van der Waals surface area contributed by atoms with Gasteiger partial charge >= 0.3 is 0 Å². The number of hydrogen-bond acceptors (Lipinski definition) is 3. The zero-order chi connectivity index (χ0) is 14.0. The van der Waals surface area contributed by atoms with Crippen molar-refractivity contribution in [2.75, 3.05) is 0 Å². The molecule has 0 aliphatic rings. The lowest BCUT2D eigenvalue weighted by Crippen LogP contribution is -2.34. The van der Waals surface area contributed by atoms with E-state index >= 15 is 0 Å². The van der Waals surface area contributed by atoms with Crippen LogP contribution in [0.4, 0.5) is 4.39 Å². The van der Waals surface area contributed by atoms with E-state index in [1.54, 1.807) is 18.3 Å². The van der Waals surface area contributed by atoms with Crippen LogP contribution in [-0.2, 0) is 6.54 Å². The van der Waals surface area contributed by atoms with Crippen molar-refractivity contribution in [3.05, 3.63) is 39.6 Å². The quantitative estimate of drug-likeness (QED) is 0.881. The van der Waals surface area contributed by atoms with Gasteiger partial charge in [-0.25, -0.2) is 9.37 Å².